The van der Waals surface area contributed by atoms with Gasteiger partial charge in [-0.2, -0.15) is 0 Å². The second-order valence-corrected chi connectivity index (χ2v) is 4.59. The summed E-state index contributed by atoms with van der Waals surface area (Å²) in [5.74, 6) is 0.696. The van der Waals surface area contributed by atoms with Crippen molar-refractivity contribution < 1.29 is 0 Å². The maximum absolute atomic E-state index is 2.33. The van der Waals surface area contributed by atoms with Gasteiger partial charge in [0.25, 0.3) is 0 Å². The van der Waals surface area contributed by atoms with Crippen molar-refractivity contribution in [1.29, 1.82) is 0 Å². The van der Waals surface area contributed by atoms with Gasteiger partial charge in [-0.15, -0.1) is 0 Å². The van der Waals surface area contributed by atoms with Crippen molar-refractivity contribution in [3.63, 3.8) is 0 Å². The van der Waals surface area contributed by atoms with E-state index in [0.717, 1.165) is 0 Å². The van der Waals surface area contributed by atoms with E-state index in [1.54, 1.807) is 11.1 Å². The van der Waals surface area contributed by atoms with Gasteiger partial charge in [0.05, 0.1) is 0 Å². The summed E-state index contributed by atoms with van der Waals surface area (Å²) in [6, 6.07) is 10.8. The van der Waals surface area contributed by atoms with E-state index >= 15 is 0 Å². The van der Waals surface area contributed by atoms with Crippen LogP contribution in [0.25, 0.3) is 5.57 Å². The minimum Gasteiger partial charge on any atom is -0.0667 e. The third kappa shape index (κ3) is 3.23. The maximum Gasteiger partial charge on any atom is -0.0225 e. The van der Waals surface area contributed by atoms with E-state index in [-0.39, 0.29) is 0 Å². The Hall–Kier alpha value is -1.04. The first-order valence-corrected chi connectivity index (χ1v) is 6.45. The van der Waals surface area contributed by atoms with Crippen LogP contribution in [0.3, 0.4) is 0 Å². The molecule has 0 saturated heterocycles. The number of rotatable bonds is 5. The van der Waals surface area contributed by atoms with Crippen LogP contribution in [-0.4, -0.2) is 0 Å². The van der Waals surface area contributed by atoms with Crippen molar-refractivity contribution in [2.45, 2.75) is 47.0 Å². The maximum atomic E-state index is 2.33. The van der Waals surface area contributed by atoms with Gasteiger partial charge in [0.1, 0.15) is 0 Å². The minimum absolute atomic E-state index is 0.696. The highest BCUT2D eigenvalue weighted by Gasteiger charge is 2.09. The van der Waals surface area contributed by atoms with Gasteiger partial charge in [-0.1, -0.05) is 63.1 Å². The predicted molar refractivity (Wildman–Crippen MR) is 73.4 cm³/mol. The molecule has 0 aliphatic rings. The molecule has 0 saturated carbocycles. The molecule has 16 heavy (non-hydrogen) atoms. The van der Waals surface area contributed by atoms with Gasteiger partial charge < -0.3 is 0 Å². The van der Waals surface area contributed by atoms with Crippen molar-refractivity contribution in [3.05, 3.63) is 41.5 Å². The van der Waals surface area contributed by atoms with E-state index in [2.05, 4.69) is 58.0 Å². The van der Waals surface area contributed by atoms with Crippen LogP contribution in [-0.2, 0) is 0 Å². The van der Waals surface area contributed by atoms with E-state index in [1.807, 2.05) is 0 Å². The predicted octanol–water partition coefficient (Wildman–Crippen LogP) is 5.31. The van der Waals surface area contributed by atoms with Crippen LogP contribution in [0.2, 0.25) is 0 Å². The Bertz CT molecular complexity index is 332. The first-order valence-electron chi connectivity index (χ1n) is 6.45. The number of hydrogen-bond donors (Lipinski definition) is 0. The third-order valence-corrected chi connectivity index (χ3v) is 3.45. The van der Waals surface area contributed by atoms with Gasteiger partial charge in [-0.3, -0.25) is 0 Å². The van der Waals surface area contributed by atoms with Crippen LogP contribution in [0.1, 0.15) is 52.5 Å². The van der Waals surface area contributed by atoms with Crippen molar-refractivity contribution in [2.24, 2.45) is 5.92 Å². The van der Waals surface area contributed by atoms with Gasteiger partial charge in [0.2, 0.25) is 0 Å². The molecule has 1 aromatic rings. The van der Waals surface area contributed by atoms with E-state index < -0.39 is 0 Å². The van der Waals surface area contributed by atoms with Crippen LogP contribution in [0.5, 0.6) is 0 Å². The molecule has 1 atom stereocenters. The summed E-state index contributed by atoms with van der Waals surface area (Å²) < 4.78 is 0. The standard InChI is InChI=1S/C16H24/c1-5-10-16(14(4)13(3)6-2)15-11-8-7-9-12-15/h7-9,11-13H,5-6,10H2,1-4H3/b16-14+. The Morgan fingerprint density at radius 3 is 2.25 bits per heavy atom. The van der Waals surface area contributed by atoms with Gasteiger partial charge in [-0.25, -0.2) is 0 Å². The van der Waals surface area contributed by atoms with Crippen molar-refractivity contribution >= 4 is 5.57 Å². The first-order chi connectivity index (χ1) is 7.70. The molecule has 0 aromatic heterocycles. The summed E-state index contributed by atoms with van der Waals surface area (Å²) in [4.78, 5) is 0. The second-order valence-electron chi connectivity index (χ2n) is 4.59. The van der Waals surface area contributed by atoms with E-state index in [4.69, 9.17) is 0 Å². The molecular formula is C16H24. The topological polar surface area (TPSA) is 0 Å². The van der Waals surface area contributed by atoms with Gasteiger partial charge in [-0.05, 0) is 36.8 Å². The Balaban J connectivity index is 3.08. The number of hydrogen-bond acceptors (Lipinski definition) is 0. The lowest BCUT2D eigenvalue weighted by Crippen LogP contribution is -1.99. The van der Waals surface area contributed by atoms with Crippen LogP contribution < -0.4 is 0 Å². The third-order valence-electron chi connectivity index (χ3n) is 3.45. The lowest BCUT2D eigenvalue weighted by atomic mass is 9.89. The fourth-order valence-corrected chi connectivity index (χ4v) is 2.06. The smallest absolute Gasteiger partial charge is 0.0225 e. The Labute approximate surface area is 100 Å². The fourth-order valence-electron chi connectivity index (χ4n) is 2.06. The quantitative estimate of drug-likeness (QED) is 0.626. The lowest BCUT2D eigenvalue weighted by molar-refractivity contribution is 0.654. The van der Waals surface area contributed by atoms with Gasteiger partial charge >= 0.3 is 0 Å². The highest BCUT2D eigenvalue weighted by molar-refractivity contribution is 5.68. The molecule has 0 aliphatic carbocycles. The fraction of sp³-hybridized carbons (Fsp3) is 0.500. The minimum atomic E-state index is 0.696. The van der Waals surface area contributed by atoms with Crippen molar-refractivity contribution in [2.75, 3.05) is 0 Å². The van der Waals surface area contributed by atoms with Crippen LogP contribution in [0.4, 0.5) is 0 Å². The first kappa shape index (κ1) is 13.0. The molecule has 0 N–H and O–H groups in total. The van der Waals surface area contributed by atoms with Crippen LogP contribution in [0.15, 0.2) is 35.9 Å². The summed E-state index contributed by atoms with van der Waals surface area (Å²) in [7, 11) is 0. The average molecular weight is 216 g/mol. The Kier molecular flexibility index (Phi) is 5.31. The normalized spacial score (nSPS) is 14.5. The Morgan fingerprint density at radius 2 is 1.75 bits per heavy atom. The molecule has 0 heterocycles. The highest BCUT2D eigenvalue weighted by Crippen LogP contribution is 2.28. The molecule has 1 aromatic carbocycles. The van der Waals surface area contributed by atoms with E-state index in [0.29, 0.717) is 5.92 Å². The molecule has 0 heteroatoms. The molecule has 1 unspecified atom stereocenters. The van der Waals surface area contributed by atoms with Crippen LogP contribution in [0, 0.1) is 5.92 Å². The molecule has 0 amide bonds. The highest BCUT2D eigenvalue weighted by atomic mass is 14.1. The summed E-state index contributed by atoms with van der Waals surface area (Å²) in [5.41, 5.74) is 4.52. The number of benzene rings is 1. The zero-order chi connectivity index (χ0) is 12.0. The monoisotopic (exact) mass is 216 g/mol. The van der Waals surface area contributed by atoms with Crippen LogP contribution >= 0.6 is 0 Å². The van der Waals surface area contributed by atoms with E-state index in [9.17, 15) is 0 Å². The molecule has 0 fully saturated rings. The van der Waals surface area contributed by atoms with Crippen molar-refractivity contribution in [1.82, 2.24) is 0 Å². The summed E-state index contributed by atoms with van der Waals surface area (Å²) in [5, 5.41) is 0. The molecule has 0 bridgehead atoms. The summed E-state index contributed by atoms with van der Waals surface area (Å²) >= 11 is 0. The molecule has 0 radical (unpaired) electrons. The van der Waals surface area contributed by atoms with Gasteiger partial charge in [0, 0.05) is 0 Å². The average Bonchev–Trinajstić information content (AvgIpc) is 2.35. The van der Waals surface area contributed by atoms with Gasteiger partial charge in [0.15, 0.2) is 0 Å². The molecule has 88 valence electrons. The molecular weight excluding hydrogens is 192 g/mol. The summed E-state index contributed by atoms with van der Waals surface area (Å²) in [6.45, 7) is 9.15. The zero-order valence-corrected chi connectivity index (χ0v) is 11.1. The summed E-state index contributed by atoms with van der Waals surface area (Å²) in [6.07, 6.45) is 3.64. The van der Waals surface area contributed by atoms with E-state index in [1.165, 1.54) is 24.8 Å². The number of allylic oxidation sites excluding steroid dienone is 2. The second kappa shape index (κ2) is 6.52. The zero-order valence-electron chi connectivity index (χ0n) is 11.1. The largest absolute Gasteiger partial charge is 0.0667 e. The molecule has 1 rings (SSSR count). The lowest BCUT2D eigenvalue weighted by Gasteiger charge is -2.17. The molecule has 0 aliphatic heterocycles. The SMILES string of the molecule is CCC/C(=C(/C)C(C)CC)c1ccccc1. The molecule has 0 spiro atoms. The molecule has 0 nitrogen and oxygen atoms in total. The van der Waals surface area contributed by atoms with Crippen molar-refractivity contribution in [3.8, 4) is 0 Å². The Morgan fingerprint density at radius 1 is 1.12 bits per heavy atom.